The van der Waals surface area contributed by atoms with Crippen LogP contribution in [0.1, 0.15) is 26.3 Å². The highest BCUT2D eigenvalue weighted by molar-refractivity contribution is 5.81. The molecule has 6 nitrogen and oxygen atoms in total. The standard InChI is InChI=1S/C20H27N5O/c1-15-5-7-16(8-6-15)22-17-9-10-21-19(23-17)25-13-11-24(12-14-25)18(26)20(2,3)4/h5-10H,11-14H2,1-4H3,(H,21,22,23). The summed E-state index contributed by atoms with van der Waals surface area (Å²) < 4.78 is 0. The van der Waals surface area contributed by atoms with Crippen LogP contribution in [0, 0.1) is 12.3 Å². The van der Waals surface area contributed by atoms with Gasteiger partial charge in [0, 0.05) is 43.5 Å². The van der Waals surface area contributed by atoms with E-state index in [4.69, 9.17) is 0 Å². The summed E-state index contributed by atoms with van der Waals surface area (Å²) >= 11 is 0. The van der Waals surface area contributed by atoms with Crippen LogP contribution in [0.3, 0.4) is 0 Å². The first-order valence-electron chi connectivity index (χ1n) is 9.04. The fourth-order valence-corrected chi connectivity index (χ4v) is 2.94. The van der Waals surface area contributed by atoms with Gasteiger partial charge >= 0.3 is 0 Å². The molecule has 0 aliphatic carbocycles. The number of carbonyl (C=O) groups is 1. The number of anilines is 3. The van der Waals surface area contributed by atoms with Crippen molar-refractivity contribution in [2.45, 2.75) is 27.7 Å². The number of hydrogen-bond acceptors (Lipinski definition) is 5. The van der Waals surface area contributed by atoms with Gasteiger partial charge < -0.3 is 15.1 Å². The predicted octanol–water partition coefficient (Wildman–Crippen LogP) is 3.22. The SMILES string of the molecule is Cc1ccc(Nc2ccnc(N3CCN(C(=O)C(C)(C)C)CC3)n2)cc1. The van der Waals surface area contributed by atoms with Gasteiger partial charge in [0.25, 0.3) is 0 Å². The maximum atomic E-state index is 12.4. The molecule has 0 bridgehead atoms. The van der Waals surface area contributed by atoms with E-state index in [1.54, 1.807) is 6.20 Å². The summed E-state index contributed by atoms with van der Waals surface area (Å²) in [6.07, 6.45) is 1.77. The van der Waals surface area contributed by atoms with Crippen molar-refractivity contribution < 1.29 is 4.79 Å². The van der Waals surface area contributed by atoms with Crippen LogP contribution in [-0.2, 0) is 4.79 Å². The molecule has 1 aromatic heterocycles. The smallest absolute Gasteiger partial charge is 0.228 e. The van der Waals surface area contributed by atoms with Crippen LogP contribution >= 0.6 is 0 Å². The van der Waals surface area contributed by atoms with Crippen LogP contribution in [0.25, 0.3) is 0 Å². The second-order valence-electron chi connectivity index (χ2n) is 7.76. The van der Waals surface area contributed by atoms with Crippen molar-refractivity contribution in [1.82, 2.24) is 14.9 Å². The lowest BCUT2D eigenvalue weighted by Crippen LogP contribution is -2.52. The van der Waals surface area contributed by atoms with Crippen LogP contribution in [0.4, 0.5) is 17.5 Å². The zero-order valence-corrected chi connectivity index (χ0v) is 16.0. The highest BCUT2D eigenvalue weighted by Gasteiger charge is 2.30. The van der Waals surface area contributed by atoms with E-state index in [0.717, 1.165) is 24.6 Å². The Morgan fingerprint density at radius 1 is 1.04 bits per heavy atom. The Hall–Kier alpha value is -2.63. The Morgan fingerprint density at radius 3 is 2.31 bits per heavy atom. The Bertz CT molecular complexity index is 759. The molecule has 2 heterocycles. The number of amides is 1. The van der Waals surface area contributed by atoms with Gasteiger partial charge in [0.05, 0.1) is 0 Å². The van der Waals surface area contributed by atoms with E-state index in [9.17, 15) is 4.79 Å². The quantitative estimate of drug-likeness (QED) is 0.918. The number of hydrogen-bond donors (Lipinski definition) is 1. The van der Waals surface area contributed by atoms with Gasteiger partial charge in [-0.1, -0.05) is 38.5 Å². The third-order valence-electron chi connectivity index (χ3n) is 4.46. The Labute approximate surface area is 155 Å². The minimum Gasteiger partial charge on any atom is -0.340 e. The largest absolute Gasteiger partial charge is 0.340 e. The topological polar surface area (TPSA) is 61.4 Å². The number of carbonyl (C=O) groups excluding carboxylic acids is 1. The van der Waals surface area contributed by atoms with Gasteiger partial charge in [-0.15, -0.1) is 0 Å². The Morgan fingerprint density at radius 2 is 1.69 bits per heavy atom. The summed E-state index contributed by atoms with van der Waals surface area (Å²) in [7, 11) is 0. The van der Waals surface area contributed by atoms with Crippen molar-refractivity contribution in [3.8, 4) is 0 Å². The van der Waals surface area contributed by atoms with Gasteiger partial charge in [-0.25, -0.2) is 4.98 Å². The number of aromatic nitrogens is 2. The normalized spacial score (nSPS) is 15.1. The molecule has 0 spiro atoms. The van der Waals surface area contributed by atoms with Crippen LogP contribution in [0.2, 0.25) is 0 Å². The predicted molar refractivity (Wildman–Crippen MR) is 105 cm³/mol. The highest BCUT2D eigenvalue weighted by atomic mass is 16.2. The molecule has 2 aromatic rings. The van der Waals surface area contributed by atoms with E-state index >= 15 is 0 Å². The minimum absolute atomic E-state index is 0.202. The van der Waals surface area contributed by atoms with Crippen molar-refractivity contribution in [2.24, 2.45) is 5.41 Å². The Kier molecular flexibility index (Phi) is 5.11. The molecule has 1 aliphatic heterocycles. The van der Waals surface area contributed by atoms with Gasteiger partial charge in [-0.2, -0.15) is 4.98 Å². The van der Waals surface area contributed by atoms with Crippen molar-refractivity contribution in [3.05, 3.63) is 42.1 Å². The van der Waals surface area contributed by atoms with Crippen molar-refractivity contribution in [1.29, 1.82) is 0 Å². The van der Waals surface area contributed by atoms with Crippen LogP contribution in [-0.4, -0.2) is 47.0 Å². The van der Waals surface area contributed by atoms with Crippen LogP contribution in [0.15, 0.2) is 36.5 Å². The van der Waals surface area contributed by atoms with Gasteiger partial charge in [-0.3, -0.25) is 4.79 Å². The fourth-order valence-electron chi connectivity index (χ4n) is 2.94. The summed E-state index contributed by atoms with van der Waals surface area (Å²) in [4.78, 5) is 25.5. The zero-order chi connectivity index (χ0) is 18.7. The average molecular weight is 353 g/mol. The van der Waals surface area contributed by atoms with Crippen molar-refractivity contribution >= 4 is 23.4 Å². The first-order chi connectivity index (χ1) is 12.3. The Balaban J connectivity index is 1.64. The molecule has 3 rings (SSSR count). The third kappa shape index (κ3) is 4.31. The molecule has 0 saturated carbocycles. The van der Waals surface area contributed by atoms with E-state index in [0.29, 0.717) is 19.0 Å². The van der Waals surface area contributed by atoms with E-state index in [1.807, 2.05) is 43.9 Å². The molecule has 6 heteroatoms. The van der Waals surface area contributed by atoms with Gasteiger partial charge in [0.2, 0.25) is 11.9 Å². The molecule has 138 valence electrons. The molecule has 1 fully saturated rings. The zero-order valence-electron chi connectivity index (χ0n) is 16.0. The van der Waals surface area contributed by atoms with E-state index < -0.39 is 0 Å². The molecule has 0 atom stereocenters. The summed E-state index contributed by atoms with van der Waals surface area (Å²) in [5, 5.41) is 3.32. The van der Waals surface area contributed by atoms with Gasteiger partial charge in [-0.05, 0) is 25.1 Å². The van der Waals surface area contributed by atoms with Gasteiger partial charge in [0.1, 0.15) is 5.82 Å². The second kappa shape index (κ2) is 7.32. The number of benzene rings is 1. The van der Waals surface area contributed by atoms with E-state index in [2.05, 4.69) is 39.2 Å². The molecule has 26 heavy (non-hydrogen) atoms. The molecule has 1 N–H and O–H groups in total. The molecule has 1 aliphatic rings. The summed E-state index contributed by atoms with van der Waals surface area (Å²) in [5.41, 5.74) is 1.89. The maximum absolute atomic E-state index is 12.4. The lowest BCUT2D eigenvalue weighted by molar-refractivity contribution is -0.139. The first-order valence-corrected chi connectivity index (χ1v) is 9.04. The monoisotopic (exact) mass is 353 g/mol. The van der Waals surface area contributed by atoms with Crippen molar-refractivity contribution in [3.63, 3.8) is 0 Å². The minimum atomic E-state index is -0.337. The average Bonchev–Trinajstić information content (AvgIpc) is 2.63. The molecule has 1 saturated heterocycles. The summed E-state index contributed by atoms with van der Waals surface area (Å²) in [6, 6.07) is 10.1. The summed E-state index contributed by atoms with van der Waals surface area (Å²) in [6.45, 7) is 10.9. The van der Waals surface area contributed by atoms with E-state index in [1.165, 1.54) is 5.56 Å². The number of rotatable bonds is 3. The molecule has 0 radical (unpaired) electrons. The summed E-state index contributed by atoms with van der Waals surface area (Å²) in [5.74, 6) is 1.67. The van der Waals surface area contributed by atoms with E-state index in [-0.39, 0.29) is 11.3 Å². The lowest BCUT2D eigenvalue weighted by Gasteiger charge is -2.37. The molecule has 0 unspecified atom stereocenters. The number of nitrogens with zero attached hydrogens (tertiary/aromatic N) is 4. The molecule has 1 amide bonds. The van der Waals surface area contributed by atoms with Crippen LogP contribution < -0.4 is 10.2 Å². The third-order valence-corrected chi connectivity index (χ3v) is 4.46. The van der Waals surface area contributed by atoms with Crippen LogP contribution in [0.5, 0.6) is 0 Å². The molecular formula is C20H27N5O. The number of aryl methyl sites for hydroxylation is 1. The molecule has 1 aromatic carbocycles. The number of nitrogens with one attached hydrogen (secondary N) is 1. The highest BCUT2D eigenvalue weighted by Crippen LogP contribution is 2.21. The number of piperazine rings is 1. The maximum Gasteiger partial charge on any atom is 0.228 e. The lowest BCUT2D eigenvalue weighted by atomic mass is 9.94. The fraction of sp³-hybridized carbons (Fsp3) is 0.450. The first kappa shape index (κ1) is 18.2. The second-order valence-corrected chi connectivity index (χ2v) is 7.76. The van der Waals surface area contributed by atoms with Crippen molar-refractivity contribution in [2.75, 3.05) is 36.4 Å². The van der Waals surface area contributed by atoms with Gasteiger partial charge in [0.15, 0.2) is 0 Å². The molecular weight excluding hydrogens is 326 g/mol.